The van der Waals surface area contributed by atoms with Crippen molar-refractivity contribution in [2.75, 3.05) is 13.2 Å². The van der Waals surface area contributed by atoms with Gasteiger partial charge in [-0.1, -0.05) is 296 Å². The van der Waals surface area contributed by atoms with E-state index in [0.29, 0.717) is 12.8 Å². The lowest BCUT2D eigenvalue weighted by atomic mass is 9.99. The van der Waals surface area contributed by atoms with Gasteiger partial charge < -0.3 is 40.3 Å². The van der Waals surface area contributed by atoms with Crippen molar-refractivity contribution in [3.8, 4) is 0 Å². The Morgan fingerprint density at radius 3 is 1.14 bits per heavy atom. The van der Waals surface area contributed by atoms with Crippen LogP contribution in [0.4, 0.5) is 0 Å². The smallest absolute Gasteiger partial charge is 0.220 e. The molecule has 81 heavy (non-hydrogen) atoms. The maximum atomic E-state index is 13.1. The first-order chi connectivity index (χ1) is 39.8. The predicted octanol–water partition coefficient (Wildman–Crippen LogP) is 17.9. The van der Waals surface area contributed by atoms with E-state index >= 15 is 0 Å². The highest BCUT2D eigenvalue weighted by atomic mass is 16.7. The van der Waals surface area contributed by atoms with Gasteiger partial charge in [-0.15, -0.1) is 0 Å². The van der Waals surface area contributed by atoms with Crippen LogP contribution in [-0.4, -0.2) is 87.5 Å². The number of hydrogen-bond acceptors (Lipinski definition) is 8. The van der Waals surface area contributed by atoms with Gasteiger partial charge in [-0.05, 0) is 89.9 Å². The zero-order valence-corrected chi connectivity index (χ0v) is 51.7. The largest absolute Gasteiger partial charge is 0.394 e. The molecule has 0 aliphatic carbocycles. The number of aliphatic hydroxyl groups excluding tert-OH is 5. The van der Waals surface area contributed by atoms with Crippen molar-refractivity contribution in [3.63, 3.8) is 0 Å². The van der Waals surface area contributed by atoms with Crippen LogP contribution in [0.25, 0.3) is 0 Å². The van der Waals surface area contributed by atoms with Crippen LogP contribution in [0.15, 0.2) is 122 Å². The van der Waals surface area contributed by atoms with Crippen molar-refractivity contribution >= 4 is 5.91 Å². The highest BCUT2D eigenvalue weighted by Crippen LogP contribution is 2.23. The van der Waals surface area contributed by atoms with Crippen molar-refractivity contribution in [1.82, 2.24) is 5.32 Å². The summed E-state index contributed by atoms with van der Waals surface area (Å²) in [4.78, 5) is 13.1. The number of unbranched alkanes of at least 4 members (excludes halogenated alkanes) is 26. The molecule has 9 nitrogen and oxygen atoms in total. The molecule has 0 radical (unpaired) electrons. The highest BCUT2D eigenvalue weighted by molar-refractivity contribution is 5.76. The number of carbonyl (C=O) groups excluding carboxylic acids is 1. The molecule has 0 bridgehead atoms. The van der Waals surface area contributed by atoms with Crippen LogP contribution >= 0.6 is 0 Å². The fourth-order valence-electron chi connectivity index (χ4n) is 9.90. The molecule has 464 valence electrons. The van der Waals surface area contributed by atoms with E-state index in [2.05, 4.69) is 141 Å². The molecule has 1 aliphatic heterocycles. The summed E-state index contributed by atoms with van der Waals surface area (Å²) < 4.78 is 11.3. The van der Waals surface area contributed by atoms with E-state index in [-0.39, 0.29) is 12.5 Å². The van der Waals surface area contributed by atoms with Crippen molar-refractivity contribution < 1.29 is 39.8 Å². The van der Waals surface area contributed by atoms with Gasteiger partial charge in [-0.2, -0.15) is 0 Å². The van der Waals surface area contributed by atoms with Crippen LogP contribution in [0.5, 0.6) is 0 Å². The minimum atomic E-state index is -1.56. The lowest BCUT2D eigenvalue weighted by molar-refractivity contribution is -0.302. The van der Waals surface area contributed by atoms with Crippen LogP contribution in [0.2, 0.25) is 0 Å². The van der Waals surface area contributed by atoms with Gasteiger partial charge in [-0.25, -0.2) is 0 Å². The molecule has 1 fully saturated rings. The SMILES string of the molecule is CC/C=C\C/C=C\C/C=C\C/C=C\C/C=C\C/C=C\C/C=C\C/C=C\C/C=C\C/C=C\CCCCCCCCCCC(=O)NC(COC1OC(CO)C(O)C(O)C1O)C(O)CCCCCCCCCCCCCCCCCCCCC. The fraction of sp³-hybridized carbons (Fsp3) is 0.708. The number of hydrogen-bond donors (Lipinski definition) is 6. The average molecular weight is 1130 g/mol. The molecule has 1 saturated heterocycles. The summed E-state index contributed by atoms with van der Waals surface area (Å²) in [5.74, 6) is -0.155. The number of aliphatic hydroxyl groups is 5. The van der Waals surface area contributed by atoms with Gasteiger partial charge in [0.2, 0.25) is 5.91 Å². The third-order valence-electron chi connectivity index (χ3n) is 15.1. The number of carbonyl (C=O) groups is 1. The van der Waals surface area contributed by atoms with Crippen molar-refractivity contribution in [2.24, 2.45) is 0 Å². The van der Waals surface area contributed by atoms with Crippen LogP contribution in [-0.2, 0) is 14.3 Å². The van der Waals surface area contributed by atoms with E-state index in [9.17, 15) is 30.3 Å². The summed E-state index contributed by atoms with van der Waals surface area (Å²) in [5.41, 5.74) is 0. The Bertz CT molecular complexity index is 1690. The molecule has 1 heterocycles. The minimum absolute atomic E-state index is 0.147. The highest BCUT2D eigenvalue weighted by Gasteiger charge is 2.44. The standard InChI is InChI=1S/C72H123NO8/c1-3-5-7-9-11-13-15-17-19-21-23-24-25-26-27-28-29-30-31-32-33-34-35-36-37-38-39-40-41-42-44-46-48-50-52-54-56-58-60-62-68(76)73-65(64-80-72-71(79)70(78)69(77)67(63-74)81-72)66(75)61-59-57-55-53-51-49-47-45-43-22-20-18-16-14-12-10-8-6-4-2/h5,7,11,13,17,19,23-24,26-27,29-30,32-33,35-36,38-39,41-42,65-67,69-72,74-75,77-79H,3-4,6,8-10,12,14-16,18,20-22,25,28,31,34,37,40,43-64H2,1-2H3,(H,73,76)/b7-5-,13-11-,19-17-,24-23-,27-26-,30-29-,33-32-,36-35-,39-38-,42-41-. The summed E-state index contributed by atoms with van der Waals surface area (Å²) in [7, 11) is 0. The molecule has 1 amide bonds. The zero-order chi connectivity index (χ0) is 58.6. The molecule has 9 heteroatoms. The summed E-state index contributed by atoms with van der Waals surface area (Å²) in [6.45, 7) is 3.73. The molecule has 0 aromatic carbocycles. The molecular weight excluding hydrogens is 1010 g/mol. The second-order valence-corrected chi connectivity index (χ2v) is 22.5. The maximum Gasteiger partial charge on any atom is 0.220 e. The molecule has 0 aromatic rings. The lowest BCUT2D eigenvalue weighted by Gasteiger charge is -2.40. The first-order valence-corrected chi connectivity index (χ1v) is 33.2. The molecule has 0 saturated carbocycles. The second kappa shape index (κ2) is 59.7. The normalized spacial score (nSPS) is 19.2. The summed E-state index contributed by atoms with van der Waals surface area (Å²) in [6, 6.07) is -0.733. The van der Waals surface area contributed by atoms with E-state index in [1.54, 1.807) is 0 Å². The van der Waals surface area contributed by atoms with Gasteiger partial charge in [0, 0.05) is 6.42 Å². The molecule has 0 aromatic heterocycles. The Hall–Kier alpha value is -3.41. The van der Waals surface area contributed by atoms with Crippen LogP contribution in [0.1, 0.15) is 271 Å². The van der Waals surface area contributed by atoms with E-state index < -0.39 is 49.5 Å². The quantitative estimate of drug-likeness (QED) is 0.0261. The Balaban J connectivity index is 2.16. The molecule has 7 unspecified atom stereocenters. The first-order valence-electron chi connectivity index (χ1n) is 33.2. The van der Waals surface area contributed by atoms with Gasteiger partial charge >= 0.3 is 0 Å². The number of amides is 1. The third-order valence-corrected chi connectivity index (χ3v) is 15.1. The van der Waals surface area contributed by atoms with Gasteiger partial charge in [0.1, 0.15) is 24.4 Å². The average Bonchev–Trinajstić information content (AvgIpc) is 3.48. The van der Waals surface area contributed by atoms with Gasteiger partial charge in [-0.3, -0.25) is 4.79 Å². The monoisotopic (exact) mass is 1130 g/mol. The molecule has 1 aliphatic rings. The summed E-state index contributed by atoms with van der Waals surface area (Å²) in [5, 5.41) is 54.8. The molecule has 0 spiro atoms. The van der Waals surface area contributed by atoms with Crippen molar-refractivity contribution in [2.45, 2.75) is 314 Å². The van der Waals surface area contributed by atoms with Crippen molar-refractivity contribution in [3.05, 3.63) is 122 Å². The number of rotatable bonds is 56. The molecule has 7 atom stereocenters. The molecule has 1 rings (SSSR count). The number of allylic oxidation sites excluding steroid dienone is 20. The Kier molecular flexibility index (Phi) is 55.8. The predicted molar refractivity (Wildman–Crippen MR) is 345 cm³/mol. The zero-order valence-electron chi connectivity index (χ0n) is 51.7. The molecule has 6 N–H and O–H groups in total. The van der Waals surface area contributed by atoms with Crippen LogP contribution in [0.3, 0.4) is 0 Å². The maximum absolute atomic E-state index is 13.1. The van der Waals surface area contributed by atoms with E-state index in [4.69, 9.17) is 9.47 Å². The first kappa shape index (κ1) is 75.6. The topological polar surface area (TPSA) is 149 Å². The fourth-order valence-corrected chi connectivity index (χ4v) is 9.90. The Morgan fingerprint density at radius 1 is 0.432 bits per heavy atom. The van der Waals surface area contributed by atoms with Gasteiger partial charge in [0.25, 0.3) is 0 Å². The second-order valence-electron chi connectivity index (χ2n) is 22.5. The Labute approximate surface area is 497 Å². The lowest BCUT2D eigenvalue weighted by Crippen LogP contribution is -2.60. The number of ether oxygens (including phenoxy) is 2. The van der Waals surface area contributed by atoms with Crippen LogP contribution in [0, 0.1) is 0 Å². The van der Waals surface area contributed by atoms with E-state index in [1.807, 2.05) is 0 Å². The van der Waals surface area contributed by atoms with Crippen LogP contribution < -0.4 is 5.32 Å². The minimum Gasteiger partial charge on any atom is -0.394 e. The van der Waals surface area contributed by atoms with E-state index in [1.165, 1.54) is 128 Å². The third kappa shape index (κ3) is 48.6. The summed E-state index contributed by atoms with van der Waals surface area (Å²) in [6.07, 6.45) is 82.4. The van der Waals surface area contributed by atoms with Gasteiger partial charge in [0.15, 0.2) is 6.29 Å². The summed E-state index contributed by atoms with van der Waals surface area (Å²) >= 11 is 0. The van der Waals surface area contributed by atoms with Crippen molar-refractivity contribution in [1.29, 1.82) is 0 Å². The molecular formula is C72H123NO8. The number of nitrogens with one attached hydrogen (secondary N) is 1. The van der Waals surface area contributed by atoms with Gasteiger partial charge in [0.05, 0.1) is 25.4 Å². The Morgan fingerprint density at radius 2 is 0.765 bits per heavy atom. The van der Waals surface area contributed by atoms with E-state index in [0.717, 1.165) is 116 Å².